The second kappa shape index (κ2) is 11.0. The van der Waals surface area contributed by atoms with Gasteiger partial charge in [0, 0.05) is 23.7 Å². The van der Waals surface area contributed by atoms with Crippen molar-refractivity contribution in [2.24, 2.45) is 5.92 Å². The second-order valence-corrected chi connectivity index (χ2v) is 8.73. The van der Waals surface area contributed by atoms with E-state index >= 15 is 0 Å². The zero-order valence-electron chi connectivity index (χ0n) is 18.3. The molecule has 5 nitrogen and oxygen atoms in total. The smallest absolute Gasteiger partial charge is 0.410 e. The topological polar surface area (TPSA) is 58.6 Å². The van der Waals surface area contributed by atoms with Gasteiger partial charge in [-0.3, -0.25) is 4.79 Å². The fourth-order valence-corrected chi connectivity index (χ4v) is 4.27. The number of benzene rings is 3. The van der Waals surface area contributed by atoms with Crippen molar-refractivity contribution in [2.75, 3.05) is 13.1 Å². The lowest BCUT2D eigenvalue weighted by Crippen LogP contribution is -2.41. The molecule has 0 aromatic heterocycles. The first kappa shape index (κ1) is 22.9. The van der Waals surface area contributed by atoms with Crippen LogP contribution in [0.25, 0.3) is 0 Å². The number of carbonyl (C=O) groups excluding carboxylic acids is 2. The van der Waals surface area contributed by atoms with Crippen LogP contribution >= 0.6 is 11.6 Å². The molecule has 0 spiro atoms. The van der Waals surface area contributed by atoms with Gasteiger partial charge in [0.1, 0.15) is 5.75 Å². The van der Waals surface area contributed by atoms with Gasteiger partial charge in [-0.25, -0.2) is 4.79 Å². The number of rotatable bonds is 6. The normalized spacial score (nSPS) is 15.0. The average molecular weight is 463 g/mol. The van der Waals surface area contributed by atoms with Crippen LogP contribution < -0.4 is 10.1 Å². The van der Waals surface area contributed by atoms with Gasteiger partial charge in [0.05, 0.1) is 6.04 Å². The van der Waals surface area contributed by atoms with Crippen molar-refractivity contribution < 1.29 is 14.3 Å². The molecular weight excluding hydrogens is 436 g/mol. The van der Waals surface area contributed by atoms with Crippen LogP contribution in [0.15, 0.2) is 84.9 Å². The van der Waals surface area contributed by atoms with Gasteiger partial charge in [0.15, 0.2) is 0 Å². The summed E-state index contributed by atoms with van der Waals surface area (Å²) in [6.45, 7) is 1.28. The highest BCUT2D eigenvalue weighted by molar-refractivity contribution is 6.30. The number of piperidine rings is 1. The van der Waals surface area contributed by atoms with Crippen LogP contribution in [0.2, 0.25) is 5.02 Å². The average Bonchev–Trinajstić information content (AvgIpc) is 2.85. The molecule has 4 rings (SSSR count). The van der Waals surface area contributed by atoms with Gasteiger partial charge in [-0.05, 0) is 67.1 Å². The maximum Gasteiger partial charge on any atom is 0.415 e. The van der Waals surface area contributed by atoms with Crippen molar-refractivity contribution in [1.29, 1.82) is 0 Å². The summed E-state index contributed by atoms with van der Waals surface area (Å²) in [4.78, 5) is 27.1. The van der Waals surface area contributed by atoms with Gasteiger partial charge in [-0.1, -0.05) is 60.1 Å². The van der Waals surface area contributed by atoms with E-state index in [4.69, 9.17) is 16.3 Å². The third-order valence-corrected chi connectivity index (χ3v) is 6.26. The first-order chi connectivity index (χ1) is 16.1. The second-order valence-electron chi connectivity index (χ2n) is 8.29. The lowest BCUT2D eigenvalue weighted by molar-refractivity contribution is 0.0923. The zero-order valence-corrected chi connectivity index (χ0v) is 19.1. The summed E-state index contributed by atoms with van der Waals surface area (Å²) >= 11 is 5.96. The number of nitrogens with zero attached hydrogens (tertiary/aromatic N) is 1. The summed E-state index contributed by atoms with van der Waals surface area (Å²) < 4.78 is 5.47. The molecule has 1 saturated heterocycles. The van der Waals surface area contributed by atoms with Crippen LogP contribution in [0.5, 0.6) is 5.75 Å². The highest BCUT2D eigenvalue weighted by Gasteiger charge is 2.27. The molecule has 1 aliphatic rings. The van der Waals surface area contributed by atoms with Crippen LogP contribution in [0.4, 0.5) is 4.79 Å². The SMILES string of the molecule is O=C(NC(CC1CCN(C(=O)Oc2ccccc2)CC1)c1ccccc1)c1ccc(Cl)cc1. The Morgan fingerprint density at radius 2 is 1.52 bits per heavy atom. The highest BCUT2D eigenvalue weighted by atomic mass is 35.5. The van der Waals surface area contributed by atoms with Gasteiger partial charge < -0.3 is 15.0 Å². The zero-order chi connectivity index (χ0) is 23.0. The predicted molar refractivity (Wildman–Crippen MR) is 129 cm³/mol. The van der Waals surface area contributed by atoms with Crippen molar-refractivity contribution in [3.63, 3.8) is 0 Å². The van der Waals surface area contributed by atoms with Crippen LogP contribution in [0.3, 0.4) is 0 Å². The quantitative estimate of drug-likeness (QED) is 0.480. The van der Waals surface area contributed by atoms with Gasteiger partial charge in [0.25, 0.3) is 5.91 Å². The van der Waals surface area contributed by atoms with Gasteiger partial charge in [0.2, 0.25) is 0 Å². The summed E-state index contributed by atoms with van der Waals surface area (Å²) in [5, 5.41) is 3.80. The molecule has 0 radical (unpaired) electrons. The molecule has 1 N–H and O–H groups in total. The Hall–Kier alpha value is -3.31. The van der Waals surface area contributed by atoms with Crippen molar-refractivity contribution in [1.82, 2.24) is 10.2 Å². The molecule has 33 heavy (non-hydrogen) atoms. The van der Waals surface area contributed by atoms with E-state index in [2.05, 4.69) is 5.32 Å². The lowest BCUT2D eigenvalue weighted by Gasteiger charge is -2.33. The molecular formula is C27H27ClN2O3. The maximum absolute atomic E-state index is 12.9. The molecule has 1 fully saturated rings. The fraction of sp³-hybridized carbons (Fsp3) is 0.259. The van der Waals surface area contributed by atoms with Crippen LogP contribution in [-0.2, 0) is 0 Å². The summed E-state index contributed by atoms with van der Waals surface area (Å²) in [6, 6.07) is 25.9. The Morgan fingerprint density at radius 3 is 2.15 bits per heavy atom. The third-order valence-electron chi connectivity index (χ3n) is 6.00. The van der Waals surface area contributed by atoms with E-state index in [0.29, 0.717) is 35.3 Å². The molecule has 1 aliphatic heterocycles. The Morgan fingerprint density at radius 1 is 0.909 bits per heavy atom. The largest absolute Gasteiger partial charge is 0.415 e. The van der Waals surface area contributed by atoms with E-state index in [-0.39, 0.29) is 18.0 Å². The Bertz CT molecular complexity index is 1050. The maximum atomic E-state index is 12.9. The summed E-state index contributed by atoms with van der Waals surface area (Å²) in [6.07, 6.45) is 2.23. The number of amides is 2. The molecule has 1 heterocycles. The molecule has 0 aliphatic carbocycles. The molecule has 6 heteroatoms. The van der Waals surface area contributed by atoms with Gasteiger partial charge in [-0.2, -0.15) is 0 Å². The molecule has 3 aromatic rings. The number of carbonyl (C=O) groups is 2. The summed E-state index contributed by atoms with van der Waals surface area (Å²) in [5.41, 5.74) is 1.66. The molecule has 0 bridgehead atoms. The van der Waals surface area contributed by atoms with Crippen LogP contribution in [0.1, 0.15) is 41.2 Å². The first-order valence-electron chi connectivity index (χ1n) is 11.2. The molecule has 170 valence electrons. The van der Waals surface area contributed by atoms with Crippen molar-refractivity contribution >= 4 is 23.6 Å². The molecule has 1 atom stereocenters. The van der Waals surface area contributed by atoms with Crippen molar-refractivity contribution in [3.05, 3.63) is 101 Å². The number of halogens is 1. The summed E-state index contributed by atoms with van der Waals surface area (Å²) in [7, 11) is 0. The summed E-state index contributed by atoms with van der Waals surface area (Å²) in [5.74, 6) is 0.824. The van der Waals surface area contributed by atoms with E-state index < -0.39 is 0 Å². The van der Waals surface area contributed by atoms with Crippen LogP contribution in [-0.4, -0.2) is 30.0 Å². The van der Waals surface area contributed by atoms with E-state index in [1.165, 1.54) is 0 Å². The Kier molecular flexibility index (Phi) is 7.63. The molecule has 2 amide bonds. The van der Waals surface area contributed by atoms with E-state index in [1.54, 1.807) is 41.3 Å². The monoisotopic (exact) mass is 462 g/mol. The van der Waals surface area contributed by atoms with E-state index in [9.17, 15) is 9.59 Å². The predicted octanol–water partition coefficient (Wildman–Crippen LogP) is 6.11. The number of hydrogen-bond donors (Lipinski definition) is 1. The fourth-order valence-electron chi connectivity index (χ4n) is 4.15. The minimum absolute atomic E-state index is 0.109. The number of ether oxygens (including phenoxy) is 1. The molecule has 3 aromatic carbocycles. The van der Waals surface area contributed by atoms with Crippen LogP contribution in [0, 0.1) is 5.92 Å². The van der Waals surface area contributed by atoms with Gasteiger partial charge in [-0.15, -0.1) is 0 Å². The minimum Gasteiger partial charge on any atom is -0.410 e. The van der Waals surface area contributed by atoms with E-state index in [0.717, 1.165) is 24.8 Å². The number of nitrogens with one attached hydrogen (secondary N) is 1. The Labute approximate surface area is 199 Å². The number of hydrogen-bond acceptors (Lipinski definition) is 3. The third kappa shape index (κ3) is 6.36. The first-order valence-corrected chi connectivity index (χ1v) is 11.6. The Balaban J connectivity index is 1.36. The standard InChI is InChI=1S/C27H27ClN2O3/c28-23-13-11-22(12-14-23)26(31)29-25(21-7-3-1-4-8-21)19-20-15-17-30(18-16-20)27(32)33-24-9-5-2-6-10-24/h1-14,20,25H,15-19H2,(H,29,31). The molecule has 0 saturated carbocycles. The van der Waals surface area contributed by atoms with Crippen molar-refractivity contribution in [2.45, 2.75) is 25.3 Å². The number of likely N-dealkylation sites (tertiary alicyclic amines) is 1. The lowest BCUT2D eigenvalue weighted by atomic mass is 9.87. The minimum atomic E-state index is -0.310. The van der Waals surface area contributed by atoms with Crippen molar-refractivity contribution in [3.8, 4) is 5.75 Å². The number of para-hydroxylation sites is 1. The highest BCUT2D eigenvalue weighted by Crippen LogP contribution is 2.29. The van der Waals surface area contributed by atoms with Gasteiger partial charge >= 0.3 is 6.09 Å². The molecule has 1 unspecified atom stereocenters. The van der Waals surface area contributed by atoms with E-state index in [1.807, 2.05) is 48.5 Å².